The summed E-state index contributed by atoms with van der Waals surface area (Å²) in [6.07, 6.45) is 11.1. The van der Waals surface area contributed by atoms with E-state index in [9.17, 15) is 19.8 Å². The highest BCUT2D eigenvalue weighted by atomic mass is 16.5. The summed E-state index contributed by atoms with van der Waals surface area (Å²) < 4.78 is 10.5. The molecule has 0 aliphatic carbocycles. The average Bonchev–Trinajstić information content (AvgIpc) is 3.94. The van der Waals surface area contributed by atoms with Crippen LogP contribution < -0.4 is 20.1 Å². The number of benzene rings is 4. The lowest BCUT2D eigenvalue weighted by Crippen LogP contribution is -2.21. The van der Waals surface area contributed by atoms with Crippen molar-refractivity contribution in [3.63, 3.8) is 0 Å². The second-order valence-corrected chi connectivity index (χ2v) is 14.0. The molecular weight excluding hydrogens is 757 g/mol. The van der Waals surface area contributed by atoms with Gasteiger partial charge in [0.15, 0.2) is 11.6 Å². The number of ether oxygens (including phenoxy) is 2. The molecule has 8 rings (SSSR count). The van der Waals surface area contributed by atoms with Gasteiger partial charge in [0.1, 0.15) is 23.6 Å². The molecule has 0 bridgehead atoms. The summed E-state index contributed by atoms with van der Waals surface area (Å²) >= 11 is 0. The first-order valence-corrected chi connectivity index (χ1v) is 19.5. The van der Waals surface area contributed by atoms with Gasteiger partial charge >= 0.3 is 0 Å². The summed E-state index contributed by atoms with van der Waals surface area (Å²) in [5, 5.41) is 27.0. The normalized spacial score (nSPS) is 11.9. The number of nitrogens with zero attached hydrogens (tertiary/aromatic N) is 2. The van der Waals surface area contributed by atoms with E-state index in [-0.39, 0.29) is 24.8 Å². The molecule has 12 heteroatoms. The first-order chi connectivity index (χ1) is 29.4. The maximum absolute atomic E-state index is 13.7. The third-order valence-corrected chi connectivity index (χ3v) is 10.2. The predicted octanol–water partition coefficient (Wildman–Crippen LogP) is 8.28. The predicted molar refractivity (Wildman–Crippen MR) is 234 cm³/mol. The molecule has 0 amide bonds. The summed E-state index contributed by atoms with van der Waals surface area (Å²) in [4.78, 5) is 42.1. The number of carbonyl (C=O) groups is 2. The number of methoxy groups -OCH3 is 2. The third-order valence-electron chi connectivity index (χ3n) is 10.2. The van der Waals surface area contributed by atoms with Gasteiger partial charge in [0.2, 0.25) is 0 Å². The van der Waals surface area contributed by atoms with Crippen molar-refractivity contribution in [2.75, 3.05) is 38.1 Å². The van der Waals surface area contributed by atoms with Gasteiger partial charge in [0.25, 0.3) is 0 Å². The minimum atomic E-state index is -0.597. The zero-order chi connectivity index (χ0) is 41.8. The number of Topliss-reactive ketones (excluding diaryl/α,β-unsaturated/α-hetero) is 2. The molecule has 0 spiro atoms. The molecule has 0 saturated carbocycles. The molecule has 0 aliphatic rings. The minimum absolute atomic E-state index is 0.0540. The number of pyridine rings is 2. The largest absolute Gasteiger partial charge is 0.495 e. The number of hydrogen-bond donors (Lipinski definition) is 6. The monoisotopic (exact) mass is 802 g/mol. The molecule has 60 heavy (non-hydrogen) atoms. The van der Waals surface area contributed by atoms with Crippen LogP contribution in [0.15, 0.2) is 146 Å². The van der Waals surface area contributed by atoms with Gasteiger partial charge in [-0.1, -0.05) is 97.1 Å². The first-order valence-electron chi connectivity index (χ1n) is 19.5. The van der Waals surface area contributed by atoms with Crippen LogP contribution in [0.2, 0.25) is 0 Å². The number of carbonyl (C=O) groups excluding carboxylic acids is 2. The summed E-state index contributed by atoms with van der Waals surface area (Å²) in [6.45, 7) is 0.108. The van der Waals surface area contributed by atoms with E-state index in [0.717, 1.165) is 44.1 Å². The fraction of sp³-hybridized carbons (Fsp3) is 0.167. The van der Waals surface area contributed by atoms with Crippen molar-refractivity contribution < 1.29 is 29.3 Å². The van der Waals surface area contributed by atoms with Crippen LogP contribution in [0.3, 0.4) is 0 Å². The standard InChI is InChI=1S/2C24H23N3O3/c2*1-30-19-12-18(13-25-14-19)27-23(16-6-3-2-4-7-16)24(29)21-15-26-22-17(10-11-28)8-5-9-20(21)22/h2*2-9,12-15,23,26-28H,10-11H2,1H3. The van der Waals surface area contributed by atoms with E-state index < -0.39 is 12.1 Å². The van der Waals surface area contributed by atoms with Gasteiger partial charge < -0.3 is 40.3 Å². The summed E-state index contributed by atoms with van der Waals surface area (Å²) in [5.41, 5.74) is 8.01. The second kappa shape index (κ2) is 19.4. The maximum atomic E-state index is 13.7. The topological polar surface area (TPSA) is 174 Å². The zero-order valence-corrected chi connectivity index (χ0v) is 33.3. The van der Waals surface area contributed by atoms with Crippen LogP contribution in [0.25, 0.3) is 21.8 Å². The Hall–Kier alpha value is -7.28. The Balaban J connectivity index is 0.000000181. The summed E-state index contributed by atoms with van der Waals surface area (Å²) in [5.74, 6) is 1.10. The van der Waals surface area contributed by atoms with E-state index in [1.165, 1.54) is 0 Å². The van der Waals surface area contributed by atoms with Crippen molar-refractivity contribution in [1.29, 1.82) is 0 Å². The lowest BCUT2D eigenvalue weighted by molar-refractivity contribution is 0.0963. The number of nitrogens with one attached hydrogen (secondary N) is 4. The fourth-order valence-corrected chi connectivity index (χ4v) is 7.25. The molecule has 2 unspecified atom stereocenters. The third kappa shape index (κ3) is 9.20. The van der Waals surface area contributed by atoms with Crippen LogP contribution in [-0.4, -0.2) is 69.1 Å². The summed E-state index contributed by atoms with van der Waals surface area (Å²) in [7, 11) is 3.16. The Bertz CT molecular complexity index is 2490. The number of aromatic nitrogens is 4. The Kier molecular flexibility index (Phi) is 13.3. The lowest BCUT2D eigenvalue weighted by atomic mass is 9.96. The van der Waals surface area contributed by atoms with Gasteiger partial charge in [-0.05, 0) is 35.1 Å². The molecule has 6 N–H and O–H groups in total. The van der Waals surface area contributed by atoms with E-state index in [2.05, 4.69) is 30.6 Å². The number of rotatable bonds is 16. The Labute approximate surface area is 347 Å². The highest BCUT2D eigenvalue weighted by molar-refractivity contribution is 6.13. The fourth-order valence-electron chi connectivity index (χ4n) is 7.25. The molecule has 0 aliphatic heterocycles. The van der Waals surface area contributed by atoms with E-state index in [1.54, 1.807) is 51.4 Å². The molecule has 4 heterocycles. The van der Waals surface area contributed by atoms with Gasteiger partial charge in [-0.25, -0.2) is 0 Å². The highest BCUT2D eigenvalue weighted by Gasteiger charge is 2.27. The van der Waals surface area contributed by atoms with Gasteiger partial charge in [-0.15, -0.1) is 0 Å². The van der Waals surface area contributed by atoms with Crippen LogP contribution in [-0.2, 0) is 12.8 Å². The second-order valence-electron chi connectivity index (χ2n) is 14.0. The van der Waals surface area contributed by atoms with Gasteiger partial charge in [0.05, 0.1) is 50.4 Å². The number of hydrogen-bond acceptors (Lipinski definition) is 10. The maximum Gasteiger partial charge on any atom is 0.191 e. The van der Waals surface area contributed by atoms with Crippen molar-refractivity contribution in [2.45, 2.75) is 24.9 Å². The summed E-state index contributed by atoms with van der Waals surface area (Å²) in [6, 6.07) is 33.2. The van der Waals surface area contributed by atoms with Gasteiger partial charge in [-0.3, -0.25) is 19.6 Å². The van der Waals surface area contributed by atoms with Crippen LogP contribution >= 0.6 is 0 Å². The molecule has 0 radical (unpaired) electrons. The molecular formula is C48H46N6O6. The van der Waals surface area contributed by atoms with Crippen LogP contribution in [0.1, 0.15) is 55.1 Å². The Morgan fingerprint density at radius 1 is 0.583 bits per heavy atom. The van der Waals surface area contributed by atoms with Crippen molar-refractivity contribution in [2.24, 2.45) is 0 Å². The Morgan fingerprint density at radius 3 is 1.38 bits per heavy atom. The average molecular weight is 803 g/mol. The molecule has 4 aromatic carbocycles. The van der Waals surface area contributed by atoms with Crippen LogP contribution in [0, 0.1) is 0 Å². The van der Waals surface area contributed by atoms with E-state index in [4.69, 9.17) is 9.47 Å². The molecule has 8 aromatic rings. The lowest BCUT2D eigenvalue weighted by Gasteiger charge is -2.19. The minimum Gasteiger partial charge on any atom is -0.495 e. The molecule has 0 saturated heterocycles. The van der Waals surface area contributed by atoms with E-state index >= 15 is 0 Å². The smallest absolute Gasteiger partial charge is 0.191 e. The number of para-hydroxylation sites is 2. The molecule has 12 nitrogen and oxygen atoms in total. The van der Waals surface area contributed by atoms with Crippen molar-refractivity contribution in [1.82, 2.24) is 19.9 Å². The number of aromatic amines is 2. The molecule has 304 valence electrons. The number of aliphatic hydroxyl groups is 2. The van der Waals surface area contributed by atoms with Crippen LogP contribution in [0.5, 0.6) is 11.5 Å². The van der Waals surface area contributed by atoms with Crippen molar-refractivity contribution >= 4 is 44.7 Å². The van der Waals surface area contributed by atoms with Gasteiger partial charge in [-0.2, -0.15) is 0 Å². The molecule has 0 fully saturated rings. The number of aliphatic hydroxyl groups excluding tert-OH is 2. The number of fused-ring (bicyclic) bond motifs is 2. The number of ketones is 2. The van der Waals surface area contributed by atoms with Gasteiger partial charge in [0, 0.05) is 70.7 Å². The Morgan fingerprint density at radius 2 is 1.00 bits per heavy atom. The van der Waals surface area contributed by atoms with Crippen molar-refractivity contribution in [3.8, 4) is 11.5 Å². The molecule has 2 atom stereocenters. The number of H-pyrrole nitrogens is 2. The highest BCUT2D eigenvalue weighted by Crippen LogP contribution is 2.32. The molecule has 4 aromatic heterocycles. The van der Waals surface area contributed by atoms with E-state index in [1.807, 2.05) is 109 Å². The number of anilines is 2. The first kappa shape index (κ1) is 40.9. The van der Waals surface area contributed by atoms with Crippen LogP contribution in [0.4, 0.5) is 11.4 Å². The van der Waals surface area contributed by atoms with E-state index in [0.29, 0.717) is 46.8 Å². The quantitative estimate of drug-likeness (QED) is 0.0522. The zero-order valence-electron chi connectivity index (χ0n) is 33.3. The SMILES string of the molecule is COc1cncc(NC(C(=O)c2c[nH]c3c(CCO)cccc23)c2ccccc2)c1.COc1cncc(NC(C(=O)c2c[nH]c3c(CCO)cccc23)c2ccccc2)c1. The van der Waals surface area contributed by atoms with Crippen molar-refractivity contribution in [3.05, 3.63) is 180 Å².